The lowest BCUT2D eigenvalue weighted by atomic mass is 9.90. The maximum Gasteiger partial charge on any atom is 0.0289 e. The molecule has 0 amide bonds. The predicted molar refractivity (Wildman–Crippen MR) is 83.2 cm³/mol. The summed E-state index contributed by atoms with van der Waals surface area (Å²) < 4.78 is 0. The van der Waals surface area contributed by atoms with Crippen molar-refractivity contribution in [3.05, 3.63) is 72.9 Å². The van der Waals surface area contributed by atoms with Gasteiger partial charge in [-0.05, 0) is 31.2 Å². The van der Waals surface area contributed by atoms with E-state index in [1.807, 2.05) is 12.2 Å². The lowest BCUT2D eigenvalue weighted by Crippen LogP contribution is -2.40. The third-order valence-corrected chi connectivity index (χ3v) is 3.54. The van der Waals surface area contributed by atoms with E-state index in [1.165, 1.54) is 11.1 Å². The van der Waals surface area contributed by atoms with Crippen LogP contribution in [-0.2, 0) is 6.42 Å². The van der Waals surface area contributed by atoms with Gasteiger partial charge in [0.15, 0.2) is 0 Å². The molecule has 0 fully saturated rings. The molecular weight excluding hydrogens is 230 g/mol. The maximum atomic E-state index is 3.86. The standard InChI is InChI=1S/C18H23N/c1-3-8-17-13-16(14-18(19-17)9-4-2)12-15-10-6-5-7-11-15/h3-7,10-11,13,17-19H,1-2,8-9,12,14H2/t17-,18+/m1/s1. The van der Waals surface area contributed by atoms with Gasteiger partial charge in [-0.15, -0.1) is 13.2 Å². The van der Waals surface area contributed by atoms with Crippen LogP contribution < -0.4 is 5.32 Å². The van der Waals surface area contributed by atoms with Gasteiger partial charge in [0.1, 0.15) is 0 Å². The molecule has 0 aliphatic carbocycles. The van der Waals surface area contributed by atoms with Crippen molar-refractivity contribution in [3.63, 3.8) is 0 Å². The van der Waals surface area contributed by atoms with E-state index in [0.717, 1.165) is 25.7 Å². The van der Waals surface area contributed by atoms with Gasteiger partial charge in [-0.2, -0.15) is 0 Å². The van der Waals surface area contributed by atoms with Crippen LogP contribution in [0.15, 0.2) is 67.3 Å². The van der Waals surface area contributed by atoms with Crippen LogP contribution in [0.25, 0.3) is 0 Å². The van der Waals surface area contributed by atoms with Gasteiger partial charge in [0.05, 0.1) is 0 Å². The van der Waals surface area contributed by atoms with Gasteiger partial charge in [0.25, 0.3) is 0 Å². The molecular formula is C18H23N. The van der Waals surface area contributed by atoms with Crippen LogP contribution in [0.4, 0.5) is 0 Å². The Hall–Kier alpha value is -1.60. The fourth-order valence-corrected chi connectivity index (χ4v) is 2.74. The zero-order chi connectivity index (χ0) is 13.5. The first-order valence-corrected chi connectivity index (χ1v) is 7.03. The molecule has 2 atom stereocenters. The van der Waals surface area contributed by atoms with Crippen molar-refractivity contribution in [2.45, 2.75) is 37.8 Å². The minimum absolute atomic E-state index is 0.426. The highest BCUT2D eigenvalue weighted by molar-refractivity contribution is 5.25. The number of hydrogen-bond acceptors (Lipinski definition) is 1. The van der Waals surface area contributed by atoms with E-state index in [2.05, 4.69) is 54.9 Å². The number of nitrogens with one attached hydrogen (secondary N) is 1. The van der Waals surface area contributed by atoms with Crippen LogP contribution in [0.5, 0.6) is 0 Å². The van der Waals surface area contributed by atoms with Crippen LogP contribution in [0.1, 0.15) is 24.8 Å². The normalized spacial score (nSPS) is 22.6. The molecule has 0 saturated heterocycles. The molecule has 1 aromatic rings. The average molecular weight is 253 g/mol. The predicted octanol–water partition coefficient (Wildman–Crippen LogP) is 4.04. The average Bonchev–Trinajstić information content (AvgIpc) is 2.40. The second-order valence-electron chi connectivity index (χ2n) is 5.21. The summed E-state index contributed by atoms with van der Waals surface area (Å²) in [6.07, 6.45) is 10.6. The molecule has 1 heterocycles. The Balaban J connectivity index is 2.07. The van der Waals surface area contributed by atoms with E-state index in [4.69, 9.17) is 0 Å². The monoisotopic (exact) mass is 253 g/mol. The number of hydrogen-bond donors (Lipinski definition) is 1. The molecule has 0 saturated carbocycles. The molecule has 0 aromatic heterocycles. The fourth-order valence-electron chi connectivity index (χ4n) is 2.74. The van der Waals surface area contributed by atoms with Gasteiger partial charge in [-0.3, -0.25) is 0 Å². The summed E-state index contributed by atoms with van der Waals surface area (Å²) in [4.78, 5) is 0. The SMILES string of the molecule is C=CC[C@H]1CC(Cc2ccccc2)=C[C@@H](CC=C)N1. The van der Waals surface area contributed by atoms with Crippen molar-refractivity contribution in [2.75, 3.05) is 0 Å². The second kappa shape index (κ2) is 7.10. The first kappa shape index (κ1) is 13.8. The van der Waals surface area contributed by atoms with Crippen LogP contribution in [0.2, 0.25) is 0 Å². The van der Waals surface area contributed by atoms with Crippen molar-refractivity contribution < 1.29 is 0 Å². The van der Waals surface area contributed by atoms with Crippen molar-refractivity contribution in [2.24, 2.45) is 0 Å². The van der Waals surface area contributed by atoms with Crippen LogP contribution in [0, 0.1) is 0 Å². The summed E-state index contributed by atoms with van der Waals surface area (Å²) in [5, 5.41) is 3.65. The van der Waals surface area contributed by atoms with Gasteiger partial charge in [0, 0.05) is 12.1 Å². The van der Waals surface area contributed by atoms with E-state index in [0.29, 0.717) is 12.1 Å². The van der Waals surface area contributed by atoms with Crippen molar-refractivity contribution >= 4 is 0 Å². The Morgan fingerprint density at radius 2 is 1.84 bits per heavy atom. The second-order valence-corrected chi connectivity index (χ2v) is 5.21. The highest BCUT2D eigenvalue weighted by atomic mass is 15.0. The van der Waals surface area contributed by atoms with E-state index in [-0.39, 0.29) is 0 Å². The van der Waals surface area contributed by atoms with Crippen molar-refractivity contribution in [1.82, 2.24) is 5.32 Å². The molecule has 1 aliphatic heterocycles. The molecule has 100 valence electrons. The lowest BCUT2D eigenvalue weighted by Gasteiger charge is -2.29. The summed E-state index contributed by atoms with van der Waals surface area (Å²) in [5.74, 6) is 0. The summed E-state index contributed by atoms with van der Waals surface area (Å²) in [5.41, 5.74) is 2.93. The van der Waals surface area contributed by atoms with E-state index in [9.17, 15) is 0 Å². The molecule has 0 bridgehead atoms. The molecule has 0 radical (unpaired) electrons. The maximum absolute atomic E-state index is 3.86. The minimum Gasteiger partial charge on any atom is -0.307 e. The molecule has 1 nitrogen and oxygen atoms in total. The quantitative estimate of drug-likeness (QED) is 0.755. The Bertz CT molecular complexity index is 444. The third-order valence-electron chi connectivity index (χ3n) is 3.54. The van der Waals surface area contributed by atoms with Crippen LogP contribution >= 0.6 is 0 Å². The molecule has 1 heteroatoms. The number of benzene rings is 1. The van der Waals surface area contributed by atoms with E-state index >= 15 is 0 Å². The van der Waals surface area contributed by atoms with E-state index in [1.54, 1.807) is 0 Å². The molecule has 2 rings (SSSR count). The molecule has 1 N–H and O–H groups in total. The van der Waals surface area contributed by atoms with Gasteiger partial charge < -0.3 is 5.32 Å². The Labute approximate surface area is 116 Å². The summed E-state index contributed by atoms with van der Waals surface area (Å²) in [6, 6.07) is 11.6. The highest BCUT2D eigenvalue weighted by Gasteiger charge is 2.19. The smallest absolute Gasteiger partial charge is 0.0289 e. The zero-order valence-corrected chi connectivity index (χ0v) is 11.5. The van der Waals surface area contributed by atoms with Crippen LogP contribution in [0.3, 0.4) is 0 Å². The molecule has 0 unspecified atom stereocenters. The summed E-state index contributed by atoms with van der Waals surface area (Å²) >= 11 is 0. The summed E-state index contributed by atoms with van der Waals surface area (Å²) in [6.45, 7) is 7.70. The van der Waals surface area contributed by atoms with Crippen molar-refractivity contribution in [3.8, 4) is 0 Å². The third kappa shape index (κ3) is 4.22. The van der Waals surface area contributed by atoms with Crippen LogP contribution in [-0.4, -0.2) is 12.1 Å². The fraction of sp³-hybridized carbons (Fsp3) is 0.333. The first-order chi connectivity index (χ1) is 9.31. The minimum atomic E-state index is 0.426. The lowest BCUT2D eigenvalue weighted by molar-refractivity contribution is 0.440. The van der Waals surface area contributed by atoms with Gasteiger partial charge in [0.2, 0.25) is 0 Å². The molecule has 1 aromatic carbocycles. The zero-order valence-electron chi connectivity index (χ0n) is 11.5. The molecule has 0 spiro atoms. The molecule has 19 heavy (non-hydrogen) atoms. The van der Waals surface area contributed by atoms with Gasteiger partial charge in [-0.25, -0.2) is 0 Å². The number of rotatable bonds is 6. The van der Waals surface area contributed by atoms with E-state index < -0.39 is 0 Å². The Kier molecular flexibility index (Phi) is 5.17. The Morgan fingerprint density at radius 1 is 1.11 bits per heavy atom. The topological polar surface area (TPSA) is 12.0 Å². The Morgan fingerprint density at radius 3 is 2.53 bits per heavy atom. The van der Waals surface area contributed by atoms with Gasteiger partial charge >= 0.3 is 0 Å². The first-order valence-electron chi connectivity index (χ1n) is 7.03. The van der Waals surface area contributed by atoms with Gasteiger partial charge in [-0.1, -0.05) is 54.1 Å². The largest absolute Gasteiger partial charge is 0.307 e. The summed E-state index contributed by atoms with van der Waals surface area (Å²) in [7, 11) is 0. The molecule has 1 aliphatic rings. The highest BCUT2D eigenvalue weighted by Crippen LogP contribution is 2.21. The van der Waals surface area contributed by atoms with Crippen molar-refractivity contribution in [1.29, 1.82) is 0 Å².